The van der Waals surface area contributed by atoms with Crippen LogP contribution >= 0.6 is 0 Å². The second-order valence-corrected chi connectivity index (χ2v) is 7.77. The Balaban J connectivity index is 1.38. The smallest absolute Gasteiger partial charge is 0.260 e. The van der Waals surface area contributed by atoms with Gasteiger partial charge in [-0.2, -0.15) is 0 Å². The van der Waals surface area contributed by atoms with Crippen molar-refractivity contribution in [3.63, 3.8) is 0 Å². The van der Waals surface area contributed by atoms with E-state index in [0.29, 0.717) is 30.2 Å². The van der Waals surface area contributed by atoms with Crippen molar-refractivity contribution in [3.05, 3.63) is 29.8 Å². The van der Waals surface area contributed by atoms with Crippen molar-refractivity contribution in [2.24, 2.45) is 11.8 Å². The predicted molar refractivity (Wildman–Crippen MR) is 94.2 cm³/mol. The van der Waals surface area contributed by atoms with E-state index < -0.39 is 0 Å². The lowest BCUT2D eigenvalue weighted by molar-refractivity contribution is -0.149. The molecular formula is C20H26N2O3. The molecule has 5 nitrogen and oxygen atoms in total. The molecule has 0 N–H and O–H groups in total. The van der Waals surface area contributed by atoms with Crippen LogP contribution in [0, 0.1) is 18.8 Å². The van der Waals surface area contributed by atoms with Gasteiger partial charge in [-0.3, -0.25) is 9.59 Å². The molecule has 5 heteroatoms. The highest BCUT2D eigenvalue weighted by Gasteiger charge is 2.44. The molecule has 0 aliphatic carbocycles. The fourth-order valence-corrected chi connectivity index (χ4v) is 4.76. The van der Waals surface area contributed by atoms with Crippen molar-refractivity contribution in [1.82, 2.24) is 9.80 Å². The van der Waals surface area contributed by atoms with Gasteiger partial charge < -0.3 is 14.5 Å². The zero-order chi connectivity index (χ0) is 17.4. The van der Waals surface area contributed by atoms with Gasteiger partial charge in [0.05, 0.1) is 0 Å². The maximum absolute atomic E-state index is 12.6. The van der Waals surface area contributed by atoms with Gasteiger partial charge in [-0.25, -0.2) is 0 Å². The summed E-state index contributed by atoms with van der Waals surface area (Å²) in [4.78, 5) is 28.9. The average Bonchev–Trinajstić information content (AvgIpc) is 2.60. The van der Waals surface area contributed by atoms with E-state index in [0.717, 1.165) is 50.2 Å². The van der Waals surface area contributed by atoms with Gasteiger partial charge in [0.2, 0.25) is 5.91 Å². The van der Waals surface area contributed by atoms with Crippen LogP contribution in [-0.4, -0.2) is 53.9 Å². The fourth-order valence-electron chi connectivity index (χ4n) is 4.76. The number of benzene rings is 1. The molecule has 2 amide bonds. The van der Waals surface area contributed by atoms with E-state index in [4.69, 9.17) is 4.74 Å². The van der Waals surface area contributed by atoms with E-state index >= 15 is 0 Å². The van der Waals surface area contributed by atoms with Crippen molar-refractivity contribution in [2.45, 2.75) is 38.6 Å². The zero-order valence-corrected chi connectivity index (χ0v) is 14.8. The fraction of sp³-hybridized carbons (Fsp3) is 0.600. The van der Waals surface area contributed by atoms with E-state index in [1.54, 1.807) is 0 Å². The van der Waals surface area contributed by atoms with Gasteiger partial charge in [0, 0.05) is 32.1 Å². The quantitative estimate of drug-likeness (QED) is 0.846. The molecule has 2 unspecified atom stereocenters. The topological polar surface area (TPSA) is 49.9 Å². The highest BCUT2D eigenvalue weighted by atomic mass is 16.5. The Labute approximate surface area is 148 Å². The first-order valence-corrected chi connectivity index (χ1v) is 9.37. The number of rotatable bonds is 3. The number of hydrogen-bond acceptors (Lipinski definition) is 3. The van der Waals surface area contributed by atoms with Gasteiger partial charge in [-0.15, -0.1) is 0 Å². The Kier molecular flexibility index (Phi) is 4.40. The third-order valence-electron chi connectivity index (χ3n) is 5.88. The Morgan fingerprint density at radius 1 is 1.28 bits per heavy atom. The van der Waals surface area contributed by atoms with Crippen molar-refractivity contribution in [1.29, 1.82) is 0 Å². The van der Waals surface area contributed by atoms with Crippen LogP contribution in [0.1, 0.15) is 31.2 Å². The molecule has 0 spiro atoms. The Morgan fingerprint density at radius 2 is 2.16 bits per heavy atom. The SMILES string of the molecule is Cc1cccc(OCC(=O)N2CC3CC(C2)[C@H]2CCCC(=O)N2C3)c1. The third-order valence-corrected chi connectivity index (χ3v) is 5.88. The number of fused-ring (bicyclic) bond motifs is 4. The Morgan fingerprint density at radius 3 is 3.00 bits per heavy atom. The van der Waals surface area contributed by atoms with Gasteiger partial charge in [0.15, 0.2) is 6.61 Å². The summed E-state index contributed by atoms with van der Waals surface area (Å²) in [6.45, 7) is 4.44. The predicted octanol–water partition coefficient (Wildman–Crippen LogP) is 2.23. The molecule has 3 saturated heterocycles. The molecule has 4 rings (SSSR count). The number of ether oxygens (including phenoxy) is 1. The molecule has 0 saturated carbocycles. The van der Waals surface area contributed by atoms with E-state index in [1.165, 1.54) is 0 Å². The van der Waals surface area contributed by atoms with Crippen molar-refractivity contribution in [2.75, 3.05) is 26.2 Å². The molecule has 3 aliphatic rings. The molecule has 3 aliphatic heterocycles. The maximum Gasteiger partial charge on any atom is 0.260 e. The summed E-state index contributed by atoms with van der Waals surface area (Å²) in [5.41, 5.74) is 1.12. The van der Waals surface area contributed by atoms with Crippen molar-refractivity contribution < 1.29 is 14.3 Å². The molecule has 25 heavy (non-hydrogen) atoms. The molecule has 2 bridgehead atoms. The van der Waals surface area contributed by atoms with E-state index in [9.17, 15) is 9.59 Å². The Hall–Kier alpha value is -2.04. The standard InChI is InChI=1S/C20H26N2O3/c1-14-4-2-5-17(8-14)25-13-20(24)21-10-15-9-16(12-21)18-6-3-7-19(23)22(18)11-15/h2,4-5,8,15-16,18H,3,6-7,9-13H2,1H3/t15?,16?,18-/m1/s1. The summed E-state index contributed by atoms with van der Waals surface area (Å²) in [6.07, 6.45) is 3.93. The molecule has 0 radical (unpaired) electrons. The maximum atomic E-state index is 12.6. The average molecular weight is 342 g/mol. The van der Waals surface area contributed by atoms with Crippen LogP contribution in [0.5, 0.6) is 5.75 Å². The number of amides is 2. The van der Waals surface area contributed by atoms with Gasteiger partial charge >= 0.3 is 0 Å². The summed E-state index contributed by atoms with van der Waals surface area (Å²) >= 11 is 0. The summed E-state index contributed by atoms with van der Waals surface area (Å²) in [7, 11) is 0. The lowest BCUT2D eigenvalue weighted by atomic mass is 9.76. The summed E-state index contributed by atoms with van der Waals surface area (Å²) < 4.78 is 5.69. The number of piperidine rings is 3. The summed E-state index contributed by atoms with van der Waals surface area (Å²) in [6, 6.07) is 8.12. The van der Waals surface area contributed by atoms with Crippen LogP contribution in [-0.2, 0) is 9.59 Å². The van der Waals surface area contributed by atoms with Crippen LogP contribution in [0.15, 0.2) is 24.3 Å². The van der Waals surface area contributed by atoms with Crippen LogP contribution in [0.3, 0.4) is 0 Å². The molecule has 1 aromatic rings. The molecular weight excluding hydrogens is 316 g/mol. The number of carbonyl (C=O) groups excluding carboxylic acids is 2. The van der Waals surface area contributed by atoms with Crippen molar-refractivity contribution >= 4 is 11.8 Å². The minimum absolute atomic E-state index is 0.0618. The molecule has 1 aromatic carbocycles. The van der Waals surface area contributed by atoms with E-state index in [2.05, 4.69) is 4.90 Å². The third kappa shape index (κ3) is 3.37. The number of likely N-dealkylation sites (tertiary alicyclic amines) is 1. The normalized spacial score (nSPS) is 28.5. The largest absolute Gasteiger partial charge is 0.484 e. The van der Waals surface area contributed by atoms with Crippen molar-refractivity contribution in [3.8, 4) is 5.75 Å². The zero-order valence-electron chi connectivity index (χ0n) is 14.8. The monoisotopic (exact) mass is 342 g/mol. The lowest BCUT2D eigenvalue weighted by Crippen LogP contribution is -2.61. The second-order valence-electron chi connectivity index (χ2n) is 7.77. The van der Waals surface area contributed by atoms with E-state index in [1.807, 2.05) is 36.1 Å². The van der Waals surface area contributed by atoms with Crippen LogP contribution in [0.2, 0.25) is 0 Å². The first-order chi connectivity index (χ1) is 12.1. The van der Waals surface area contributed by atoms with Crippen LogP contribution < -0.4 is 4.74 Å². The minimum Gasteiger partial charge on any atom is -0.484 e. The van der Waals surface area contributed by atoms with Crippen LogP contribution in [0.25, 0.3) is 0 Å². The number of carbonyl (C=O) groups is 2. The van der Waals surface area contributed by atoms with Gasteiger partial charge in [-0.05, 0) is 55.7 Å². The van der Waals surface area contributed by atoms with Crippen LogP contribution in [0.4, 0.5) is 0 Å². The second kappa shape index (κ2) is 6.70. The Bertz CT molecular complexity index is 675. The highest BCUT2D eigenvalue weighted by molar-refractivity contribution is 5.79. The first kappa shape index (κ1) is 16.4. The number of hydrogen-bond donors (Lipinski definition) is 0. The lowest BCUT2D eigenvalue weighted by Gasteiger charge is -2.52. The first-order valence-electron chi connectivity index (χ1n) is 9.37. The molecule has 134 valence electrons. The van der Waals surface area contributed by atoms with E-state index in [-0.39, 0.29) is 12.5 Å². The van der Waals surface area contributed by atoms with Gasteiger partial charge in [-0.1, -0.05) is 12.1 Å². The minimum atomic E-state index is 0.0618. The van der Waals surface area contributed by atoms with Gasteiger partial charge in [0.25, 0.3) is 5.91 Å². The highest BCUT2D eigenvalue weighted by Crippen LogP contribution is 2.37. The number of aryl methyl sites for hydroxylation is 1. The molecule has 3 fully saturated rings. The molecule has 0 aromatic heterocycles. The summed E-state index contributed by atoms with van der Waals surface area (Å²) in [5.74, 6) is 1.97. The summed E-state index contributed by atoms with van der Waals surface area (Å²) in [5, 5.41) is 0. The molecule has 3 heterocycles. The number of nitrogens with zero attached hydrogens (tertiary/aromatic N) is 2. The molecule has 3 atom stereocenters. The van der Waals surface area contributed by atoms with Gasteiger partial charge in [0.1, 0.15) is 5.75 Å².